The number of hydrogen-bond acceptors (Lipinski definition) is 3. The van der Waals surface area contributed by atoms with Crippen molar-refractivity contribution in [3.8, 4) is 17.0 Å². The maximum atomic E-state index is 13.6. The van der Waals surface area contributed by atoms with Crippen LogP contribution in [0, 0.1) is 5.82 Å². The van der Waals surface area contributed by atoms with E-state index < -0.39 is 0 Å². The molecule has 3 aromatic heterocycles. The molecule has 7 heteroatoms. The van der Waals surface area contributed by atoms with Gasteiger partial charge < -0.3 is 14.1 Å². The SMILES string of the molecule is O=c1cc(CN2CCOc3c(Cl)cc(-c4ccc5cc(F)ccn45)cc3C2)cc[nH]1. The quantitative estimate of drug-likeness (QED) is 0.528. The number of nitrogens with zero attached hydrogens (tertiary/aromatic N) is 2. The normalized spacial score (nSPS) is 14.3. The maximum absolute atomic E-state index is 13.6. The largest absolute Gasteiger partial charge is 0.490 e. The van der Waals surface area contributed by atoms with Crippen molar-refractivity contribution in [2.24, 2.45) is 0 Å². The fourth-order valence-corrected chi connectivity index (χ4v) is 4.27. The molecule has 4 aromatic rings. The summed E-state index contributed by atoms with van der Waals surface area (Å²) in [6, 6.07) is 14.3. The fourth-order valence-electron chi connectivity index (χ4n) is 3.97. The van der Waals surface area contributed by atoms with E-state index in [2.05, 4.69) is 16.0 Å². The number of hydrogen-bond donors (Lipinski definition) is 1. The highest BCUT2D eigenvalue weighted by atomic mass is 35.5. The first kappa shape index (κ1) is 18.9. The third-order valence-corrected chi connectivity index (χ3v) is 5.61. The van der Waals surface area contributed by atoms with Crippen LogP contribution in [0.25, 0.3) is 16.8 Å². The zero-order valence-electron chi connectivity index (χ0n) is 16.1. The van der Waals surface area contributed by atoms with E-state index in [4.69, 9.17) is 16.3 Å². The van der Waals surface area contributed by atoms with Gasteiger partial charge in [0.1, 0.15) is 18.2 Å². The van der Waals surface area contributed by atoms with Crippen LogP contribution in [0.2, 0.25) is 5.02 Å². The summed E-state index contributed by atoms with van der Waals surface area (Å²) in [5, 5.41) is 0.553. The van der Waals surface area contributed by atoms with E-state index in [0.29, 0.717) is 30.5 Å². The van der Waals surface area contributed by atoms with Gasteiger partial charge in [-0.3, -0.25) is 9.69 Å². The summed E-state index contributed by atoms with van der Waals surface area (Å²) in [6.07, 6.45) is 3.38. The zero-order valence-corrected chi connectivity index (χ0v) is 16.8. The van der Waals surface area contributed by atoms with Crippen LogP contribution in [0.5, 0.6) is 5.75 Å². The van der Waals surface area contributed by atoms with Gasteiger partial charge in [-0.05, 0) is 48.0 Å². The van der Waals surface area contributed by atoms with E-state index in [1.54, 1.807) is 18.5 Å². The van der Waals surface area contributed by atoms with Gasteiger partial charge in [0.15, 0.2) is 0 Å². The second-order valence-electron chi connectivity index (χ2n) is 7.43. The summed E-state index contributed by atoms with van der Waals surface area (Å²) < 4.78 is 21.4. The minimum absolute atomic E-state index is 0.110. The molecule has 4 heterocycles. The smallest absolute Gasteiger partial charge is 0.248 e. The molecule has 0 saturated carbocycles. The zero-order chi connectivity index (χ0) is 20.7. The summed E-state index contributed by atoms with van der Waals surface area (Å²) in [5.74, 6) is 0.427. The van der Waals surface area contributed by atoms with Crippen LogP contribution < -0.4 is 10.3 Å². The second-order valence-corrected chi connectivity index (χ2v) is 7.83. The average Bonchev–Trinajstić information content (AvgIpc) is 3.01. The number of aromatic amines is 1. The lowest BCUT2D eigenvalue weighted by Crippen LogP contribution is -2.25. The molecule has 1 aromatic carbocycles. The minimum atomic E-state index is -0.268. The topological polar surface area (TPSA) is 49.7 Å². The standard InChI is InChI=1S/C23H19ClFN3O2/c24-20-11-16(21-2-1-19-12-18(25)4-6-28(19)21)10-17-14-27(7-8-30-23(17)20)13-15-3-5-26-22(29)9-15/h1-6,9-12H,7-8,13-14H2,(H,26,29). The van der Waals surface area contributed by atoms with Crippen molar-refractivity contribution < 1.29 is 9.13 Å². The van der Waals surface area contributed by atoms with Gasteiger partial charge in [-0.25, -0.2) is 4.39 Å². The van der Waals surface area contributed by atoms with Gasteiger partial charge in [-0.15, -0.1) is 0 Å². The monoisotopic (exact) mass is 423 g/mol. The summed E-state index contributed by atoms with van der Waals surface area (Å²) in [4.78, 5) is 16.5. The Morgan fingerprint density at radius 1 is 1.13 bits per heavy atom. The lowest BCUT2D eigenvalue weighted by atomic mass is 10.1. The van der Waals surface area contributed by atoms with Crippen molar-refractivity contribution in [1.29, 1.82) is 0 Å². The Labute approximate surface area is 177 Å². The molecule has 0 spiro atoms. The van der Waals surface area contributed by atoms with Crippen LogP contribution >= 0.6 is 11.6 Å². The number of ether oxygens (including phenoxy) is 1. The summed E-state index contributed by atoms with van der Waals surface area (Å²) >= 11 is 6.58. The molecule has 1 N–H and O–H groups in total. The van der Waals surface area contributed by atoms with Crippen molar-refractivity contribution in [1.82, 2.24) is 14.3 Å². The molecule has 5 nitrogen and oxygen atoms in total. The molecular formula is C23H19ClFN3O2. The van der Waals surface area contributed by atoms with Gasteiger partial charge in [0, 0.05) is 54.7 Å². The van der Waals surface area contributed by atoms with Crippen LogP contribution in [-0.4, -0.2) is 27.4 Å². The van der Waals surface area contributed by atoms with Crippen molar-refractivity contribution >= 4 is 17.1 Å². The Hall–Kier alpha value is -3.09. The molecule has 152 valence electrons. The summed E-state index contributed by atoms with van der Waals surface area (Å²) in [6.45, 7) is 2.53. The molecule has 30 heavy (non-hydrogen) atoms. The number of benzene rings is 1. The second kappa shape index (κ2) is 7.63. The highest BCUT2D eigenvalue weighted by Crippen LogP contribution is 2.37. The van der Waals surface area contributed by atoms with E-state index in [1.807, 2.05) is 28.7 Å². The van der Waals surface area contributed by atoms with Crippen LogP contribution in [0.4, 0.5) is 4.39 Å². The number of H-pyrrole nitrogens is 1. The minimum Gasteiger partial charge on any atom is -0.490 e. The molecule has 0 radical (unpaired) electrons. The molecule has 0 atom stereocenters. The Balaban J connectivity index is 1.51. The Morgan fingerprint density at radius 3 is 2.90 bits per heavy atom. The third-order valence-electron chi connectivity index (χ3n) is 5.33. The average molecular weight is 424 g/mol. The van der Waals surface area contributed by atoms with Gasteiger partial charge in [0.05, 0.1) is 10.7 Å². The van der Waals surface area contributed by atoms with Gasteiger partial charge in [0.2, 0.25) is 5.56 Å². The van der Waals surface area contributed by atoms with Crippen LogP contribution in [0.1, 0.15) is 11.1 Å². The van der Waals surface area contributed by atoms with Crippen LogP contribution in [0.3, 0.4) is 0 Å². The van der Waals surface area contributed by atoms with E-state index in [0.717, 1.165) is 34.4 Å². The van der Waals surface area contributed by atoms with Gasteiger partial charge in [-0.2, -0.15) is 0 Å². The predicted octanol–water partition coefficient (Wildman–Crippen LogP) is 4.48. The van der Waals surface area contributed by atoms with Gasteiger partial charge in [-0.1, -0.05) is 11.6 Å². The molecule has 0 fully saturated rings. The highest BCUT2D eigenvalue weighted by molar-refractivity contribution is 6.32. The van der Waals surface area contributed by atoms with Gasteiger partial charge in [0.25, 0.3) is 0 Å². The number of nitrogens with one attached hydrogen (secondary N) is 1. The molecule has 0 aliphatic carbocycles. The van der Waals surface area contributed by atoms with Gasteiger partial charge >= 0.3 is 0 Å². The highest BCUT2D eigenvalue weighted by Gasteiger charge is 2.20. The molecule has 5 rings (SSSR count). The number of aromatic nitrogens is 2. The molecule has 0 amide bonds. The van der Waals surface area contributed by atoms with Crippen LogP contribution in [-0.2, 0) is 13.1 Å². The first-order chi connectivity index (χ1) is 14.6. The van der Waals surface area contributed by atoms with E-state index >= 15 is 0 Å². The van der Waals surface area contributed by atoms with E-state index in [9.17, 15) is 9.18 Å². The number of pyridine rings is 2. The van der Waals surface area contributed by atoms with E-state index in [-0.39, 0.29) is 11.4 Å². The fraction of sp³-hybridized carbons (Fsp3) is 0.174. The first-order valence-electron chi connectivity index (χ1n) is 9.69. The first-order valence-corrected chi connectivity index (χ1v) is 10.1. The Morgan fingerprint density at radius 2 is 2.03 bits per heavy atom. The third kappa shape index (κ3) is 3.60. The molecule has 1 aliphatic heterocycles. The summed E-state index contributed by atoms with van der Waals surface area (Å²) in [5.41, 5.74) is 4.47. The molecular weight excluding hydrogens is 405 g/mol. The Bertz CT molecular complexity index is 1300. The number of rotatable bonds is 3. The molecule has 0 bridgehead atoms. The molecule has 0 saturated heterocycles. The van der Waals surface area contributed by atoms with Crippen LogP contribution in [0.15, 0.2) is 65.7 Å². The van der Waals surface area contributed by atoms with Crippen molar-refractivity contribution in [2.75, 3.05) is 13.2 Å². The molecule has 1 aliphatic rings. The van der Waals surface area contributed by atoms with E-state index in [1.165, 1.54) is 12.1 Å². The van der Waals surface area contributed by atoms with Crippen molar-refractivity contribution in [3.05, 3.63) is 93.2 Å². The lowest BCUT2D eigenvalue weighted by molar-refractivity contribution is 0.219. The molecule has 0 unspecified atom stereocenters. The van der Waals surface area contributed by atoms with Crippen molar-refractivity contribution in [3.63, 3.8) is 0 Å². The summed E-state index contributed by atoms with van der Waals surface area (Å²) in [7, 11) is 0. The Kier molecular flexibility index (Phi) is 4.81. The maximum Gasteiger partial charge on any atom is 0.248 e. The number of halogens is 2. The number of fused-ring (bicyclic) bond motifs is 2. The van der Waals surface area contributed by atoms with Crippen molar-refractivity contribution in [2.45, 2.75) is 13.1 Å². The lowest BCUT2D eigenvalue weighted by Gasteiger charge is -2.19. The predicted molar refractivity (Wildman–Crippen MR) is 114 cm³/mol.